The van der Waals surface area contributed by atoms with E-state index in [1.54, 1.807) is 12.1 Å². The second kappa shape index (κ2) is 5.73. The van der Waals surface area contributed by atoms with Gasteiger partial charge in [0, 0.05) is 5.69 Å². The molecule has 3 nitrogen and oxygen atoms in total. The summed E-state index contributed by atoms with van der Waals surface area (Å²) in [6.45, 7) is 0.305. The summed E-state index contributed by atoms with van der Waals surface area (Å²) in [6.07, 6.45) is -4.69. The van der Waals surface area contributed by atoms with Gasteiger partial charge in [0.2, 0.25) is 0 Å². The number of alkyl halides is 3. The Bertz CT molecular complexity index is 550. The molecule has 0 fully saturated rings. The minimum Gasteiger partial charge on any atom is -0.489 e. The van der Waals surface area contributed by atoms with Gasteiger partial charge in [0.15, 0.2) is 0 Å². The zero-order chi connectivity index (χ0) is 14.6. The molecule has 0 amide bonds. The number of ether oxygens (including phenoxy) is 2. The highest BCUT2D eigenvalue weighted by atomic mass is 19.4. The largest absolute Gasteiger partial charge is 0.573 e. The average molecular weight is 283 g/mol. The molecule has 2 rings (SSSR count). The van der Waals surface area contributed by atoms with Gasteiger partial charge in [0.1, 0.15) is 18.1 Å². The average Bonchev–Trinajstić information content (AvgIpc) is 2.38. The van der Waals surface area contributed by atoms with Crippen LogP contribution >= 0.6 is 0 Å². The van der Waals surface area contributed by atoms with Crippen LogP contribution in [0.3, 0.4) is 0 Å². The van der Waals surface area contributed by atoms with E-state index in [9.17, 15) is 13.2 Å². The number of benzene rings is 2. The summed E-state index contributed by atoms with van der Waals surface area (Å²) in [5, 5.41) is 0. The van der Waals surface area contributed by atoms with Crippen molar-refractivity contribution in [3.8, 4) is 11.5 Å². The fourth-order valence-corrected chi connectivity index (χ4v) is 1.52. The minimum absolute atomic E-state index is 0.280. The van der Waals surface area contributed by atoms with Gasteiger partial charge in [-0.05, 0) is 42.0 Å². The van der Waals surface area contributed by atoms with Crippen LogP contribution in [0.15, 0.2) is 48.5 Å². The van der Waals surface area contributed by atoms with Crippen LogP contribution in [0, 0.1) is 0 Å². The van der Waals surface area contributed by atoms with E-state index in [0.717, 1.165) is 5.56 Å². The van der Waals surface area contributed by atoms with Crippen molar-refractivity contribution in [1.29, 1.82) is 0 Å². The molecule has 0 atom stereocenters. The lowest BCUT2D eigenvalue weighted by Gasteiger charge is -2.10. The molecule has 0 spiro atoms. The lowest BCUT2D eigenvalue weighted by Crippen LogP contribution is -2.16. The van der Waals surface area contributed by atoms with Crippen LogP contribution in [-0.2, 0) is 6.61 Å². The molecule has 6 heteroatoms. The van der Waals surface area contributed by atoms with Crippen molar-refractivity contribution in [2.75, 3.05) is 5.73 Å². The van der Waals surface area contributed by atoms with Crippen molar-refractivity contribution in [2.24, 2.45) is 0 Å². The Morgan fingerprint density at radius 1 is 0.850 bits per heavy atom. The maximum atomic E-state index is 12.0. The topological polar surface area (TPSA) is 44.5 Å². The third-order valence-electron chi connectivity index (χ3n) is 2.44. The first-order chi connectivity index (χ1) is 9.42. The van der Waals surface area contributed by atoms with E-state index in [0.29, 0.717) is 18.0 Å². The van der Waals surface area contributed by atoms with E-state index >= 15 is 0 Å². The first kappa shape index (κ1) is 14.0. The normalized spacial score (nSPS) is 11.2. The Morgan fingerprint density at radius 2 is 1.40 bits per heavy atom. The van der Waals surface area contributed by atoms with Crippen LogP contribution in [0.1, 0.15) is 5.56 Å². The van der Waals surface area contributed by atoms with Crippen LogP contribution in [0.4, 0.5) is 18.9 Å². The highest BCUT2D eigenvalue weighted by Gasteiger charge is 2.30. The molecule has 0 unspecified atom stereocenters. The lowest BCUT2D eigenvalue weighted by molar-refractivity contribution is -0.274. The van der Waals surface area contributed by atoms with E-state index in [1.807, 2.05) is 12.1 Å². The Hall–Kier alpha value is -2.37. The molecule has 20 heavy (non-hydrogen) atoms. The van der Waals surface area contributed by atoms with Gasteiger partial charge in [-0.2, -0.15) is 0 Å². The Morgan fingerprint density at radius 3 is 1.95 bits per heavy atom. The molecule has 0 saturated carbocycles. The summed E-state index contributed by atoms with van der Waals surface area (Å²) >= 11 is 0. The summed E-state index contributed by atoms with van der Waals surface area (Å²) in [4.78, 5) is 0. The van der Waals surface area contributed by atoms with Gasteiger partial charge in [-0.1, -0.05) is 12.1 Å². The van der Waals surface area contributed by atoms with Crippen LogP contribution < -0.4 is 15.2 Å². The predicted molar refractivity (Wildman–Crippen MR) is 68.3 cm³/mol. The SMILES string of the molecule is Nc1ccc(COc2ccc(OC(F)(F)F)cc2)cc1. The smallest absolute Gasteiger partial charge is 0.489 e. The maximum absolute atomic E-state index is 12.0. The van der Waals surface area contributed by atoms with Crippen molar-refractivity contribution in [3.63, 3.8) is 0 Å². The van der Waals surface area contributed by atoms with Gasteiger partial charge in [-0.15, -0.1) is 13.2 Å². The first-order valence-electron chi connectivity index (χ1n) is 5.75. The summed E-state index contributed by atoms with van der Waals surface area (Å²) in [5.41, 5.74) is 7.12. The lowest BCUT2D eigenvalue weighted by atomic mass is 10.2. The zero-order valence-corrected chi connectivity index (χ0v) is 10.4. The highest BCUT2D eigenvalue weighted by molar-refractivity contribution is 5.39. The van der Waals surface area contributed by atoms with E-state index in [4.69, 9.17) is 10.5 Å². The molecule has 0 radical (unpaired) electrons. The molecule has 0 heterocycles. The quantitative estimate of drug-likeness (QED) is 0.869. The van der Waals surface area contributed by atoms with Crippen molar-refractivity contribution in [2.45, 2.75) is 13.0 Å². The zero-order valence-electron chi connectivity index (χ0n) is 10.4. The molecule has 0 saturated heterocycles. The van der Waals surface area contributed by atoms with Gasteiger partial charge < -0.3 is 15.2 Å². The molecular formula is C14H12F3NO2. The third-order valence-corrected chi connectivity index (χ3v) is 2.44. The van der Waals surface area contributed by atoms with E-state index < -0.39 is 6.36 Å². The summed E-state index contributed by atoms with van der Waals surface area (Å²) < 4.78 is 45.1. The molecule has 0 aliphatic rings. The van der Waals surface area contributed by atoms with E-state index in [2.05, 4.69) is 4.74 Å². The fraction of sp³-hybridized carbons (Fsp3) is 0.143. The molecule has 0 aromatic heterocycles. The molecule has 0 aliphatic carbocycles. The van der Waals surface area contributed by atoms with Crippen molar-refractivity contribution < 1.29 is 22.6 Å². The molecule has 2 aromatic rings. The van der Waals surface area contributed by atoms with Gasteiger partial charge in [0.05, 0.1) is 0 Å². The predicted octanol–water partition coefficient (Wildman–Crippen LogP) is 3.75. The monoisotopic (exact) mass is 283 g/mol. The van der Waals surface area contributed by atoms with Gasteiger partial charge >= 0.3 is 6.36 Å². The summed E-state index contributed by atoms with van der Waals surface area (Å²) in [7, 11) is 0. The minimum atomic E-state index is -4.69. The van der Waals surface area contributed by atoms with Gasteiger partial charge in [-0.3, -0.25) is 0 Å². The molecule has 2 aromatic carbocycles. The number of rotatable bonds is 4. The van der Waals surface area contributed by atoms with Crippen molar-refractivity contribution >= 4 is 5.69 Å². The number of hydrogen-bond donors (Lipinski definition) is 1. The number of hydrogen-bond acceptors (Lipinski definition) is 3. The Labute approximate surface area is 113 Å². The maximum Gasteiger partial charge on any atom is 0.573 e. The molecule has 0 aliphatic heterocycles. The summed E-state index contributed by atoms with van der Waals surface area (Å²) in [6, 6.07) is 12.4. The second-order valence-electron chi connectivity index (χ2n) is 4.05. The van der Waals surface area contributed by atoms with Crippen LogP contribution in [0.5, 0.6) is 11.5 Å². The number of halogens is 3. The molecule has 2 N–H and O–H groups in total. The standard InChI is InChI=1S/C14H12F3NO2/c15-14(16,17)20-13-7-5-12(6-8-13)19-9-10-1-3-11(18)4-2-10/h1-8H,9,18H2. The first-order valence-corrected chi connectivity index (χ1v) is 5.75. The van der Waals surface area contributed by atoms with Crippen LogP contribution in [0.2, 0.25) is 0 Å². The van der Waals surface area contributed by atoms with Crippen LogP contribution in [-0.4, -0.2) is 6.36 Å². The van der Waals surface area contributed by atoms with Crippen molar-refractivity contribution in [1.82, 2.24) is 0 Å². The fourth-order valence-electron chi connectivity index (χ4n) is 1.52. The molecular weight excluding hydrogens is 271 g/mol. The van der Waals surface area contributed by atoms with E-state index in [-0.39, 0.29) is 5.75 Å². The van der Waals surface area contributed by atoms with Crippen molar-refractivity contribution in [3.05, 3.63) is 54.1 Å². The number of anilines is 1. The second-order valence-corrected chi connectivity index (χ2v) is 4.05. The summed E-state index contributed by atoms with van der Waals surface area (Å²) in [5.74, 6) is 0.175. The molecule has 106 valence electrons. The Kier molecular flexibility index (Phi) is 4.02. The molecule has 0 bridgehead atoms. The highest BCUT2D eigenvalue weighted by Crippen LogP contribution is 2.25. The third kappa shape index (κ3) is 4.38. The number of nitrogens with two attached hydrogens (primary N) is 1. The van der Waals surface area contributed by atoms with Gasteiger partial charge in [0.25, 0.3) is 0 Å². The van der Waals surface area contributed by atoms with E-state index in [1.165, 1.54) is 24.3 Å². The Balaban J connectivity index is 1.92. The van der Waals surface area contributed by atoms with Crippen LogP contribution in [0.25, 0.3) is 0 Å². The number of nitrogen functional groups attached to an aromatic ring is 1. The van der Waals surface area contributed by atoms with Gasteiger partial charge in [-0.25, -0.2) is 0 Å².